The summed E-state index contributed by atoms with van der Waals surface area (Å²) in [7, 11) is 0. The van der Waals surface area contributed by atoms with E-state index in [1.807, 2.05) is 0 Å². The number of amides is 2. The van der Waals surface area contributed by atoms with Crippen molar-refractivity contribution in [3.8, 4) is 0 Å². The Balaban J connectivity index is 1.98. The van der Waals surface area contributed by atoms with E-state index in [-0.39, 0.29) is 15.7 Å². The van der Waals surface area contributed by atoms with Gasteiger partial charge in [-0.05, 0) is 17.5 Å². The molecule has 98 valence electrons. The van der Waals surface area contributed by atoms with Crippen molar-refractivity contribution in [1.29, 1.82) is 0 Å². The highest BCUT2D eigenvalue weighted by Gasteiger charge is 2.11. The Morgan fingerprint density at radius 2 is 1.95 bits per heavy atom. The Hall–Kier alpha value is -1.63. The average Bonchev–Trinajstić information content (AvgIpc) is 2.92. The highest BCUT2D eigenvalue weighted by molar-refractivity contribution is 7.12. The van der Waals surface area contributed by atoms with E-state index in [4.69, 9.17) is 23.2 Å². The molecule has 2 N–H and O–H groups in total. The molecule has 0 aliphatic carbocycles. The first-order valence-corrected chi connectivity index (χ1v) is 6.66. The topological polar surface area (TPSA) is 71.1 Å². The standard InChI is InChI=1S/C11H7Cl2N3O2S/c12-7-4-6(5-14-9(7)13)10(17)15-16-11(18)8-2-1-3-19-8/h1-5H,(H,15,17)(H,16,18). The van der Waals surface area contributed by atoms with E-state index in [1.165, 1.54) is 23.6 Å². The van der Waals surface area contributed by atoms with E-state index >= 15 is 0 Å². The van der Waals surface area contributed by atoms with Gasteiger partial charge in [0.05, 0.1) is 15.5 Å². The average molecular weight is 316 g/mol. The molecule has 19 heavy (non-hydrogen) atoms. The van der Waals surface area contributed by atoms with Gasteiger partial charge >= 0.3 is 0 Å². The van der Waals surface area contributed by atoms with Crippen molar-refractivity contribution in [3.63, 3.8) is 0 Å². The fourth-order valence-corrected chi connectivity index (χ4v) is 2.09. The van der Waals surface area contributed by atoms with E-state index in [9.17, 15) is 9.59 Å². The van der Waals surface area contributed by atoms with E-state index in [1.54, 1.807) is 17.5 Å². The van der Waals surface area contributed by atoms with Crippen LogP contribution in [0.1, 0.15) is 20.0 Å². The van der Waals surface area contributed by atoms with Crippen LogP contribution in [0.4, 0.5) is 0 Å². The molecule has 2 aromatic rings. The van der Waals surface area contributed by atoms with Gasteiger partial charge in [-0.3, -0.25) is 20.4 Å². The van der Waals surface area contributed by atoms with Crippen molar-refractivity contribution in [1.82, 2.24) is 15.8 Å². The van der Waals surface area contributed by atoms with Gasteiger partial charge in [-0.2, -0.15) is 0 Å². The number of nitrogens with zero attached hydrogens (tertiary/aromatic N) is 1. The molecule has 0 unspecified atom stereocenters. The van der Waals surface area contributed by atoms with Gasteiger partial charge in [-0.1, -0.05) is 29.3 Å². The summed E-state index contributed by atoms with van der Waals surface area (Å²) in [5.41, 5.74) is 4.74. The number of halogens is 2. The molecule has 0 saturated heterocycles. The summed E-state index contributed by atoms with van der Waals surface area (Å²) < 4.78 is 0. The Labute approximate surface area is 122 Å². The SMILES string of the molecule is O=C(NNC(=O)c1cccs1)c1cnc(Cl)c(Cl)c1. The minimum atomic E-state index is -0.532. The summed E-state index contributed by atoms with van der Waals surface area (Å²) >= 11 is 12.6. The monoisotopic (exact) mass is 315 g/mol. The Morgan fingerprint density at radius 3 is 2.58 bits per heavy atom. The molecule has 0 aliphatic rings. The van der Waals surface area contributed by atoms with Crippen LogP contribution in [0.5, 0.6) is 0 Å². The van der Waals surface area contributed by atoms with E-state index < -0.39 is 11.8 Å². The fourth-order valence-electron chi connectivity index (χ4n) is 1.20. The third kappa shape index (κ3) is 3.44. The van der Waals surface area contributed by atoms with E-state index in [0.717, 1.165) is 0 Å². The molecule has 0 radical (unpaired) electrons. The zero-order valence-electron chi connectivity index (χ0n) is 9.31. The van der Waals surface area contributed by atoms with Gasteiger partial charge in [0, 0.05) is 6.20 Å². The lowest BCUT2D eigenvalue weighted by molar-refractivity contribution is 0.0848. The highest BCUT2D eigenvalue weighted by atomic mass is 35.5. The smallest absolute Gasteiger partial charge is 0.267 e. The van der Waals surface area contributed by atoms with Crippen LogP contribution in [0.25, 0.3) is 0 Å². The molecule has 0 aliphatic heterocycles. The number of hydrogen-bond acceptors (Lipinski definition) is 4. The zero-order valence-corrected chi connectivity index (χ0v) is 11.6. The van der Waals surface area contributed by atoms with Crippen LogP contribution in [-0.2, 0) is 0 Å². The lowest BCUT2D eigenvalue weighted by Gasteiger charge is -2.06. The van der Waals surface area contributed by atoms with Crippen LogP contribution in [0.15, 0.2) is 29.8 Å². The number of hydrazine groups is 1. The maximum absolute atomic E-state index is 11.7. The van der Waals surface area contributed by atoms with Gasteiger partial charge in [0.1, 0.15) is 5.15 Å². The van der Waals surface area contributed by atoms with Crippen LogP contribution >= 0.6 is 34.5 Å². The minimum absolute atomic E-state index is 0.112. The van der Waals surface area contributed by atoms with Crippen LogP contribution < -0.4 is 10.9 Å². The molecule has 2 rings (SSSR count). The van der Waals surface area contributed by atoms with Crippen LogP contribution in [0.2, 0.25) is 10.2 Å². The number of carbonyl (C=O) groups is 2. The summed E-state index contributed by atoms with van der Waals surface area (Å²) in [6.07, 6.45) is 1.26. The summed E-state index contributed by atoms with van der Waals surface area (Å²) in [4.78, 5) is 27.5. The number of aromatic nitrogens is 1. The molecular formula is C11H7Cl2N3O2S. The van der Waals surface area contributed by atoms with Crippen molar-refractivity contribution in [2.45, 2.75) is 0 Å². The van der Waals surface area contributed by atoms with E-state index in [2.05, 4.69) is 15.8 Å². The van der Waals surface area contributed by atoms with E-state index in [0.29, 0.717) is 4.88 Å². The van der Waals surface area contributed by atoms with Gasteiger partial charge in [0.15, 0.2) is 0 Å². The molecule has 2 amide bonds. The highest BCUT2D eigenvalue weighted by Crippen LogP contribution is 2.19. The Kier molecular flexibility index (Phi) is 4.36. The molecule has 0 saturated carbocycles. The summed E-state index contributed by atoms with van der Waals surface area (Å²) in [5.74, 6) is -0.924. The van der Waals surface area contributed by atoms with Crippen LogP contribution in [-0.4, -0.2) is 16.8 Å². The molecule has 0 spiro atoms. The maximum Gasteiger partial charge on any atom is 0.279 e. The number of nitrogens with one attached hydrogen (secondary N) is 2. The normalized spacial score (nSPS) is 10.0. The quantitative estimate of drug-likeness (QED) is 0.661. The van der Waals surface area contributed by atoms with Crippen molar-refractivity contribution >= 4 is 46.4 Å². The predicted octanol–water partition coefficient (Wildman–Crippen LogP) is 2.52. The third-order valence-corrected chi connectivity index (χ3v) is 3.65. The molecule has 5 nitrogen and oxygen atoms in total. The lowest BCUT2D eigenvalue weighted by Crippen LogP contribution is -2.41. The van der Waals surface area contributed by atoms with Gasteiger partial charge in [0.25, 0.3) is 11.8 Å². The molecule has 0 fully saturated rings. The molecule has 0 atom stereocenters. The van der Waals surface area contributed by atoms with Gasteiger partial charge in [0.2, 0.25) is 0 Å². The zero-order chi connectivity index (χ0) is 13.8. The second-order valence-electron chi connectivity index (χ2n) is 3.38. The lowest BCUT2D eigenvalue weighted by atomic mass is 10.3. The van der Waals surface area contributed by atoms with Crippen molar-refractivity contribution in [2.24, 2.45) is 0 Å². The molecule has 2 aromatic heterocycles. The molecule has 8 heteroatoms. The number of rotatable bonds is 2. The summed E-state index contributed by atoms with van der Waals surface area (Å²) in [6, 6.07) is 4.75. The Bertz CT molecular complexity index is 616. The number of pyridine rings is 1. The summed E-state index contributed by atoms with van der Waals surface area (Å²) in [5, 5.41) is 2.04. The minimum Gasteiger partial charge on any atom is -0.267 e. The van der Waals surface area contributed by atoms with Crippen molar-refractivity contribution in [2.75, 3.05) is 0 Å². The molecule has 0 bridgehead atoms. The maximum atomic E-state index is 11.7. The Morgan fingerprint density at radius 1 is 1.21 bits per heavy atom. The van der Waals surface area contributed by atoms with Gasteiger partial charge in [-0.25, -0.2) is 4.98 Å². The van der Waals surface area contributed by atoms with Gasteiger partial charge in [-0.15, -0.1) is 11.3 Å². The molecule has 2 heterocycles. The van der Waals surface area contributed by atoms with Crippen LogP contribution in [0, 0.1) is 0 Å². The fraction of sp³-hybridized carbons (Fsp3) is 0. The van der Waals surface area contributed by atoms with Crippen molar-refractivity contribution in [3.05, 3.63) is 50.4 Å². The number of hydrogen-bond donors (Lipinski definition) is 2. The number of carbonyl (C=O) groups excluding carboxylic acids is 2. The molecular weight excluding hydrogens is 309 g/mol. The second kappa shape index (κ2) is 6.01. The first-order chi connectivity index (χ1) is 9.08. The first kappa shape index (κ1) is 13.8. The largest absolute Gasteiger partial charge is 0.279 e. The first-order valence-electron chi connectivity index (χ1n) is 5.03. The van der Waals surface area contributed by atoms with Crippen LogP contribution in [0.3, 0.4) is 0 Å². The van der Waals surface area contributed by atoms with Crippen molar-refractivity contribution < 1.29 is 9.59 Å². The van der Waals surface area contributed by atoms with Gasteiger partial charge < -0.3 is 0 Å². The predicted molar refractivity (Wildman–Crippen MR) is 73.5 cm³/mol. The third-order valence-electron chi connectivity index (χ3n) is 2.09. The molecule has 0 aromatic carbocycles. The summed E-state index contributed by atoms with van der Waals surface area (Å²) in [6.45, 7) is 0. The number of thiophene rings is 1. The second-order valence-corrected chi connectivity index (χ2v) is 5.10.